The summed E-state index contributed by atoms with van der Waals surface area (Å²) < 4.78 is 82.8. The van der Waals surface area contributed by atoms with Gasteiger partial charge >= 0.3 is 12.4 Å². The van der Waals surface area contributed by atoms with Gasteiger partial charge in [-0.3, -0.25) is 10.1 Å². The molecule has 0 N–H and O–H groups in total. The predicted molar refractivity (Wildman–Crippen MR) is 99.3 cm³/mol. The Hall–Kier alpha value is -3.56. The van der Waals surface area contributed by atoms with Crippen molar-refractivity contribution in [3.05, 3.63) is 93.5 Å². The first-order valence-electron chi connectivity index (χ1n) is 8.71. The average Bonchev–Trinajstić information content (AvgIpc) is 2.71. The second kappa shape index (κ2) is 8.29. The zero-order valence-corrected chi connectivity index (χ0v) is 15.5. The highest BCUT2D eigenvalue weighted by molar-refractivity contribution is 5.76. The first-order valence-corrected chi connectivity index (χ1v) is 8.71. The molecule has 0 unspecified atom stereocenters. The Labute approximate surface area is 171 Å². The maximum absolute atomic E-state index is 12.9. The number of nitro benzene ring substituents is 1. The lowest BCUT2D eigenvalue weighted by Gasteiger charge is -2.14. The second-order valence-corrected chi connectivity index (χ2v) is 6.46. The molecule has 3 aromatic carbocycles. The minimum Gasteiger partial charge on any atom is -0.489 e. The van der Waals surface area contributed by atoms with Crippen LogP contribution >= 0.6 is 0 Å². The number of hydrogen-bond acceptors (Lipinski definition) is 3. The Kier molecular flexibility index (Phi) is 5.92. The van der Waals surface area contributed by atoms with E-state index in [-0.39, 0.29) is 23.5 Å². The van der Waals surface area contributed by atoms with Crippen molar-refractivity contribution in [3.63, 3.8) is 0 Å². The minimum absolute atomic E-state index is 0.0683. The van der Waals surface area contributed by atoms with Crippen molar-refractivity contribution in [2.24, 2.45) is 0 Å². The van der Waals surface area contributed by atoms with E-state index >= 15 is 0 Å². The fourth-order valence-electron chi connectivity index (χ4n) is 2.92. The first-order chi connectivity index (χ1) is 14.5. The molecule has 0 atom stereocenters. The van der Waals surface area contributed by atoms with E-state index in [1.54, 1.807) is 6.07 Å². The van der Waals surface area contributed by atoms with Gasteiger partial charge < -0.3 is 4.74 Å². The third kappa shape index (κ3) is 5.14. The molecule has 0 saturated carbocycles. The van der Waals surface area contributed by atoms with E-state index in [1.165, 1.54) is 30.3 Å². The van der Waals surface area contributed by atoms with Crippen LogP contribution in [0.25, 0.3) is 11.1 Å². The van der Waals surface area contributed by atoms with Crippen LogP contribution in [0, 0.1) is 10.1 Å². The van der Waals surface area contributed by atoms with Crippen LogP contribution in [-0.4, -0.2) is 4.92 Å². The number of rotatable bonds is 5. The van der Waals surface area contributed by atoms with Gasteiger partial charge in [0.2, 0.25) is 0 Å². The number of alkyl halides is 6. The molecule has 0 aliphatic carbocycles. The lowest BCUT2D eigenvalue weighted by atomic mass is 9.97. The van der Waals surface area contributed by atoms with Gasteiger partial charge in [-0.05, 0) is 41.5 Å². The summed E-state index contributed by atoms with van der Waals surface area (Å²) in [6, 6.07) is 12.4. The number of hydrogen-bond donors (Lipinski definition) is 0. The summed E-state index contributed by atoms with van der Waals surface area (Å²) >= 11 is 0. The highest BCUT2D eigenvalue weighted by Crippen LogP contribution is 2.38. The summed E-state index contributed by atoms with van der Waals surface area (Å²) in [7, 11) is 0. The SMILES string of the molecule is O=[N+]([O-])c1cc(C(F)(F)F)ccc1-c1ccccc1COc1cccc(C(F)(F)F)c1. The Morgan fingerprint density at radius 2 is 1.42 bits per heavy atom. The molecule has 162 valence electrons. The first kappa shape index (κ1) is 22.1. The maximum Gasteiger partial charge on any atom is 0.416 e. The van der Waals surface area contributed by atoms with Crippen LogP contribution < -0.4 is 4.74 Å². The van der Waals surface area contributed by atoms with Crippen LogP contribution in [0.5, 0.6) is 5.75 Å². The zero-order valence-electron chi connectivity index (χ0n) is 15.5. The maximum atomic E-state index is 12.9. The number of ether oxygens (including phenoxy) is 1. The van der Waals surface area contributed by atoms with Gasteiger partial charge in [-0.1, -0.05) is 30.3 Å². The molecule has 3 aromatic rings. The average molecular weight is 441 g/mol. The molecule has 4 nitrogen and oxygen atoms in total. The minimum atomic E-state index is -4.75. The summed E-state index contributed by atoms with van der Waals surface area (Å²) in [5, 5.41) is 11.4. The molecule has 10 heteroatoms. The van der Waals surface area contributed by atoms with Crippen LogP contribution in [0.1, 0.15) is 16.7 Å². The van der Waals surface area contributed by atoms with E-state index in [0.29, 0.717) is 11.6 Å². The van der Waals surface area contributed by atoms with E-state index in [2.05, 4.69) is 0 Å². The Balaban J connectivity index is 1.96. The lowest BCUT2D eigenvalue weighted by molar-refractivity contribution is -0.384. The molecule has 31 heavy (non-hydrogen) atoms. The topological polar surface area (TPSA) is 52.4 Å². The molecule has 0 bridgehead atoms. The molecule has 3 rings (SSSR count). The Morgan fingerprint density at radius 1 is 0.774 bits per heavy atom. The highest BCUT2D eigenvalue weighted by Gasteiger charge is 2.33. The summed E-state index contributed by atoms with van der Waals surface area (Å²) in [5.41, 5.74) is -2.31. The van der Waals surface area contributed by atoms with Crippen molar-refractivity contribution in [2.45, 2.75) is 19.0 Å². The van der Waals surface area contributed by atoms with Crippen LogP contribution in [0.3, 0.4) is 0 Å². The molecule has 0 saturated heterocycles. The molecule has 0 fully saturated rings. The monoisotopic (exact) mass is 441 g/mol. The number of halogens is 6. The molecule has 0 radical (unpaired) electrons. The predicted octanol–water partition coefficient (Wildman–Crippen LogP) is 6.88. The van der Waals surface area contributed by atoms with Crippen LogP contribution in [0.2, 0.25) is 0 Å². The fraction of sp³-hybridized carbons (Fsp3) is 0.143. The highest BCUT2D eigenvalue weighted by atomic mass is 19.4. The van der Waals surface area contributed by atoms with Crippen molar-refractivity contribution >= 4 is 5.69 Å². The molecule has 0 spiro atoms. The summed E-state index contributed by atoms with van der Waals surface area (Å²) in [4.78, 5) is 10.5. The molecule has 0 amide bonds. The van der Waals surface area contributed by atoms with Gasteiger partial charge in [-0.2, -0.15) is 26.3 Å². The molecular formula is C21H13F6NO3. The summed E-state index contributed by atoms with van der Waals surface area (Å²) in [5.74, 6) is -0.0773. The van der Waals surface area contributed by atoms with Crippen molar-refractivity contribution < 1.29 is 36.0 Å². The van der Waals surface area contributed by atoms with Gasteiger partial charge in [0.05, 0.1) is 21.6 Å². The smallest absolute Gasteiger partial charge is 0.416 e. The number of nitro groups is 1. The van der Waals surface area contributed by atoms with Gasteiger partial charge in [0.25, 0.3) is 5.69 Å². The molecule has 0 heterocycles. The summed E-state index contributed by atoms with van der Waals surface area (Å²) in [6.07, 6.45) is -9.31. The van der Waals surface area contributed by atoms with E-state index in [1.807, 2.05) is 0 Å². The normalized spacial score (nSPS) is 11.9. The molecular weight excluding hydrogens is 428 g/mol. The van der Waals surface area contributed by atoms with Gasteiger partial charge in [0.1, 0.15) is 12.4 Å². The zero-order chi connectivity index (χ0) is 22.8. The van der Waals surface area contributed by atoms with Crippen LogP contribution in [0.4, 0.5) is 32.0 Å². The number of benzene rings is 3. The largest absolute Gasteiger partial charge is 0.489 e. The van der Waals surface area contributed by atoms with E-state index in [9.17, 15) is 36.5 Å². The summed E-state index contributed by atoms with van der Waals surface area (Å²) in [6.45, 7) is -0.254. The van der Waals surface area contributed by atoms with Gasteiger partial charge in [-0.15, -0.1) is 0 Å². The van der Waals surface area contributed by atoms with Crippen molar-refractivity contribution in [1.29, 1.82) is 0 Å². The van der Waals surface area contributed by atoms with E-state index in [4.69, 9.17) is 4.74 Å². The van der Waals surface area contributed by atoms with Crippen molar-refractivity contribution in [3.8, 4) is 16.9 Å². The third-order valence-corrected chi connectivity index (χ3v) is 4.38. The number of nitrogens with zero attached hydrogens (tertiary/aromatic N) is 1. The Morgan fingerprint density at radius 3 is 2.06 bits per heavy atom. The van der Waals surface area contributed by atoms with Gasteiger partial charge in [-0.25, -0.2) is 0 Å². The van der Waals surface area contributed by atoms with Crippen LogP contribution in [-0.2, 0) is 19.0 Å². The molecule has 0 aliphatic heterocycles. The molecule has 0 aromatic heterocycles. The third-order valence-electron chi connectivity index (χ3n) is 4.38. The molecule has 0 aliphatic rings. The standard InChI is InChI=1S/C21H13F6NO3/c22-20(23,24)14-5-3-6-16(10-14)31-12-13-4-1-2-7-17(13)18-9-8-15(21(25,26)27)11-19(18)28(29)30/h1-11H,12H2. The van der Waals surface area contributed by atoms with Crippen molar-refractivity contribution in [1.82, 2.24) is 0 Å². The van der Waals surface area contributed by atoms with Gasteiger partial charge in [0, 0.05) is 6.07 Å². The van der Waals surface area contributed by atoms with Crippen molar-refractivity contribution in [2.75, 3.05) is 0 Å². The van der Waals surface area contributed by atoms with Gasteiger partial charge in [0.15, 0.2) is 0 Å². The lowest BCUT2D eigenvalue weighted by Crippen LogP contribution is -2.07. The Bertz CT molecular complexity index is 1110. The van der Waals surface area contributed by atoms with Crippen LogP contribution in [0.15, 0.2) is 66.7 Å². The van der Waals surface area contributed by atoms with E-state index in [0.717, 1.165) is 24.3 Å². The fourth-order valence-corrected chi connectivity index (χ4v) is 2.92. The second-order valence-electron chi connectivity index (χ2n) is 6.46. The van der Waals surface area contributed by atoms with E-state index < -0.39 is 34.1 Å². The quantitative estimate of drug-likeness (QED) is 0.246.